The molecule has 164 valence electrons. The van der Waals surface area contributed by atoms with Gasteiger partial charge in [-0.25, -0.2) is 8.42 Å². The predicted molar refractivity (Wildman–Crippen MR) is 126 cm³/mol. The molecule has 0 saturated carbocycles. The van der Waals surface area contributed by atoms with E-state index in [1.165, 1.54) is 21.2 Å². The van der Waals surface area contributed by atoms with Crippen LogP contribution in [0, 0.1) is 12.8 Å². The molecule has 0 spiro atoms. The third kappa shape index (κ3) is 4.50. The maximum absolute atomic E-state index is 12.9. The Labute approximate surface area is 190 Å². The van der Waals surface area contributed by atoms with Gasteiger partial charge in [-0.2, -0.15) is 9.30 Å². The molecule has 1 saturated heterocycles. The maximum atomic E-state index is 12.9. The molecule has 6 nitrogen and oxygen atoms in total. The van der Waals surface area contributed by atoms with Crippen LogP contribution < -0.4 is 4.80 Å². The molecular weight excluding hydrogens is 450 g/mol. The van der Waals surface area contributed by atoms with E-state index in [2.05, 4.69) is 11.1 Å². The average Bonchev–Trinajstić information content (AvgIpc) is 3.08. The number of sulfonamides is 1. The van der Waals surface area contributed by atoms with E-state index >= 15 is 0 Å². The van der Waals surface area contributed by atoms with Gasteiger partial charge in [0.2, 0.25) is 10.0 Å². The van der Waals surface area contributed by atoms with Crippen molar-refractivity contribution in [1.82, 2.24) is 8.87 Å². The van der Waals surface area contributed by atoms with Crippen molar-refractivity contribution in [1.29, 1.82) is 0 Å². The first kappa shape index (κ1) is 22.3. The molecule has 2 aromatic carbocycles. The standard InChI is InChI=1S/C22H25N3O3S3/c1-15-4-9-19-20(14-15)30-22(24(19)2)23-21(26)16-10-12-25(13-11-16)31(27,28)18-7-5-17(29-3)6-8-18/h4-9,14,16H,10-13H2,1-3H3. The van der Waals surface area contributed by atoms with E-state index in [4.69, 9.17) is 0 Å². The summed E-state index contributed by atoms with van der Waals surface area (Å²) < 4.78 is 30.4. The fourth-order valence-electron chi connectivity index (χ4n) is 3.77. The van der Waals surface area contributed by atoms with Crippen LogP contribution >= 0.6 is 23.1 Å². The van der Waals surface area contributed by atoms with E-state index in [0.29, 0.717) is 35.6 Å². The van der Waals surface area contributed by atoms with Crippen molar-refractivity contribution >= 4 is 49.2 Å². The van der Waals surface area contributed by atoms with Crippen LogP contribution in [0.15, 0.2) is 57.2 Å². The number of amides is 1. The van der Waals surface area contributed by atoms with Crippen LogP contribution in [-0.2, 0) is 21.9 Å². The summed E-state index contributed by atoms with van der Waals surface area (Å²) in [6.45, 7) is 2.70. The van der Waals surface area contributed by atoms with Gasteiger partial charge < -0.3 is 4.57 Å². The first-order chi connectivity index (χ1) is 14.8. The number of rotatable bonds is 4. The number of hydrogen-bond donors (Lipinski definition) is 0. The van der Waals surface area contributed by atoms with Crippen molar-refractivity contribution in [3.8, 4) is 0 Å². The summed E-state index contributed by atoms with van der Waals surface area (Å²) in [5.41, 5.74) is 2.22. The molecule has 2 heterocycles. The third-order valence-electron chi connectivity index (χ3n) is 5.67. The number of piperidine rings is 1. The number of carbonyl (C=O) groups is 1. The van der Waals surface area contributed by atoms with Crippen molar-refractivity contribution in [2.45, 2.75) is 29.6 Å². The number of nitrogens with zero attached hydrogens (tertiary/aromatic N) is 3. The Kier molecular flexibility index (Phi) is 6.39. The van der Waals surface area contributed by atoms with Gasteiger partial charge in [0, 0.05) is 31.0 Å². The minimum atomic E-state index is -3.54. The SMILES string of the molecule is CSc1ccc(S(=O)(=O)N2CCC(C(=O)N=c3sc4cc(C)ccc4n3C)CC2)cc1. The molecule has 9 heteroatoms. The molecule has 1 aromatic heterocycles. The summed E-state index contributed by atoms with van der Waals surface area (Å²) >= 11 is 3.08. The summed E-state index contributed by atoms with van der Waals surface area (Å²) in [5.74, 6) is -0.419. The largest absolute Gasteiger partial charge is 0.319 e. The molecule has 0 unspecified atom stereocenters. The van der Waals surface area contributed by atoms with Crippen LogP contribution in [0.2, 0.25) is 0 Å². The predicted octanol–water partition coefficient (Wildman–Crippen LogP) is 3.80. The lowest BCUT2D eigenvalue weighted by Gasteiger charge is -2.29. The van der Waals surface area contributed by atoms with Crippen molar-refractivity contribution in [3.05, 3.63) is 52.8 Å². The van der Waals surface area contributed by atoms with Gasteiger partial charge in [0.25, 0.3) is 5.91 Å². The number of aryl methyl sites for hydroxylation is 2. The average molecular weight is 476 g/mol. The number of benzene rings is 2. The number of hydrogen-bond acceptors (Lipinski definition) is 5. The van der Waals surface area contributed by atoms with Gasteiger partial charge in [-0.3, -0.25) is 4.79 Å². The molecule has 1 aliphatic heterocycles. The second-order valence-electron chi connectivity index (χ2n) is 7.72. The molecule has 1 fully saturated rings. The van der Waals surface area contributed by atoms with Crippen molar-refractivity contribution < 1.29 is 13.2 Å². The summed E-state index contributed by atoms with van der Waals surface area (Å²) in [7, 11) is -1.63. The quantitative estimate of drug-likeness (QED) is 0.538. The van der Waals surface area contributed by atoms with Crippen LogP contribution in [0.3, 0.4) is 0 Å². The summed E-state index contributed by atoms with van der Waals surface area (Å²) in [6.07, 6.45) is 2.92. The lowest BCUT2D eigenvalue weighted by atomic mass is 9.98. The van der Waals surface area contributed by atoms with Crippen LogP contribution in [0.1, 0.15) is 18.4 Å². The van der Waals surface area contributed by atoms with Gasteiger partial charge in [0.1, 0.15) is 0 Å². The molecular formula is C22H25N3O3S3. The molecule has 0 atom stereocenters. The number of fused-ring (bicyclic) bond motifs is 1. The van der Waals surface area contributed by atoms with Crippen LogP contribution in [0.25, 0.3) is 10.2 Å². The maximum Gasteiger partial charge on any atom is 0.251 e. The molecule has 1 aliphatic rings. The van der Waals surface area contributed by atoms with Gasteiger partial charge >= 0.3 is 0 Å². The fraction of sp³-hybridized carbons (Fsp3) is 0.364. The van der Waals surface area contributed by atoms with E-state index in [0.717, 1.165) is 15.1 Å². The van der Waals surface area contributed by atoms with E-state index in [1.807, 2.05) is 49.1 Å². The van der Waals surface area contributed by atoms with Gasteiger partial charge in [0.15, 0.2) is 4.80 Å². The van der Waals surface area contributed by atoms with Crippen molar-refractivity contribution in [3.63, 3.8) is 0 Å². The van der Waals surface area contributed by atoms with Crippen LogP contribution in [-0.4, -0.2) is 42.5 Å². The summed E-state index contributed by atoms with van der Waals surface area (Å²) in [4.78, 5) is 19.2. The molecule has 3 aromatic rings. The first-order valence-corrected chi connectivity index (χ1v) is 13.6. The topological polar surface area (TPSA) is 71.7 Å². The summed E-state index contributed by atoms with van der Waals surface area (Å²) in [6, 6.07) is 13.1. The monoisotopic (exact) mass is 475 g/mol. The van der Waals surface area contributed by atoms with E-state index < -0.39 is 10.0 Å². The first-order valence-electron chi connectivity index (χ1n) is 10.1. The van der Waals surface area contributed by atoms with Crippen molar-refractivity contribution in [2.24, 2.45) is 18.0 Å². The smallest absolute Gasteiger partial charge is 0.251 e. The van der Waals surface area contributed by atoms with Crippen LogP contribution in [0.4, 0.5) is 0 Å². The highest BCUT2D eigenvalue weighted by atomic mass is 32.2. The van der Waals surface area contributed by atoms with Gasteiger partial charge in [-0.05, 0) is 68.0 Å². The Morgan fingerprint density at radius 3 is 2.45 bits per heavy atom. The lowest BCUT2D eigenvalue weighted by molar-refractivity contribution is -0.122. The second kappa shape index (κ2) is 8.90. The normalized spacial score (nSPS) is 16.8. The number of carbonyl (C=O) groups excluding carboxylic acids is 1. The Morgan fingerprint density at radius 2 is 1.81 bits per heavy atom. The second-order valence-corrected chi connectivity index (χ2v) is 11.5. The zero-order valence-corrected chi connectivity index (χ0v) is 20.2. The Hall–Kier alpha value is -1.94. The van der Waals surface area contributed by atoms with Crippen LogP contribution in [0.5, 0.6) is 0 Å². The Morgan fingerprint density at radius 1 is 1.13 bits per heavy atom. The van der Waals surface area contributed by atoms with E-state index in [1.54, 1.807) is 23.9 Å². The van der Waals surface area contributed by atoms with E-state index in [-0.39, 0.29) is 11.8 Å². The minimum absolute atomic E-state index is 0.166. The fourth-order valence-corrected chi connectivity index (χ4v) is 6.77. The highest BCUT2D eigenvalue weighted by molar-refractivity contribution is 7.98. The molecule has 0 aliphatic carbocycles. The highest BCUT2D eigenvalue weighted by Crippen LogP contribution is 2.26. The zero-order valence-electron chi connectivity index (χ0n) is 17.7. The zero-order chi connectivity index (χ0) is 22.2. The number of aromatic nitrogens is 1. The van der Waals surface area contributed by atoms with E-state index in [9.17, 15) is 13.2 Å². The third-order valence-corrected chi connectivity index (χ3v) is 9.42. The Bertz CT molecular complexity index is 1280. The number of thioether (sulfide) groups is 1. The summed E-state index contributed by atoms with van der Waals surface area (Å²) in [5, 5.41) is 0. The van der Waals surface area contributed by atoms with Gasteiger partial charge in [-0.15, -0.1) is 11.8 Å². The molecule has 1 amide bonds. The molecule has 0 N–H and O–H groups in total. The minimum Gasteiger partial charge on any atom is -0.319 e. The van der Waals surface area contributed by atoms with Crippen molar-refractivity contribution in [2.75, 3.05) is 19.3 Å². The van der Waals surface area contributed by atoms with Gasteiger partial charge in [0.05, 0.1) is 15.1 Å². The Balaban J connectivity index is 1.47. The lowest BCUT2D eigenvalue weighted by Crippen LogP contribution is -2.40. The molecule has 31 heavy (non-hydrogen) atoms. The molecule has 0 bridgehead atoms. The highest BCUT2D eigenvalue weighted by Gasteiger charge is 2.32. The molecule has 4 rings (SSSR count). The molecule has 0 radical (unpaired) electrons. The van der Waals surface area contributed by atoms with Gasteiger partial charge in [-0.1, -0.05) is 17.4 Å². The number of thiazole rings is 1.